The van der Waals surface area contributed by atoms with E-state index in [0.717, 1.165) is 25.8 Å². The van der Waals surface area contributed by atoms with Crippen LogP contribution in [0, 0.1) is 5.92 Å². The van der Waals surface area contributed by atoms with Crippen molar-refractivity contribution in [1.29, 1.82) is 0 Å². The summed E-state index contributed by atoms with van der Waals surface area (Å²) in [5.74, 6) is 0.339. The van der Waals surface area contributed by atoms with Crippen LogP contribution < -0.4 is 5.32 Å². The van der Waals surface area contributed by atoms with E-state index in [1.54, 1.807) is 0 Å². The topological polar surface area (TPSA) is 12.0 Å². The van der Waals surface area contributed by atoms with Crippen LogP contribution in [0.3, 0.4) is 0 Å². The van der Waals surface area contributed by atoms with Gasteiger partial charge in [-0.2, -0.15) is 0 Å². The van der Waals surface area contributed by atoms with Gasteiger partial charge in [-0.3, -0.25) is 0 Å². The molecule has 0 saturated heterocycles. The monoisotopic (exact) mass is 253 g/mol. The maximum absolute atomic E-state index is 6.11. The predicted molar refractivity (Wildman–Crippen MR) is 79.6 cm³/mol. The zero-order valence-electron chi connectivity index (χ0n) is 10.8. The van der Waals surface area contributed by atoms with Crippen molar-refractivity contribution in [2.24, 2.45) is 5.92 Å². The molecule has 0 aliphatic heterocycles. The van der Waals surface area contributed by atoms with Crippen molar-refractivity contribution in [2.75, 3.05) is 13.6 Å². The van der Waals surface area contributed by atoms with Gasteiger partial charge in [-0.1, -0.05) is 36.5 Å². The quantitative estimate of drug-likeness (QED) is 0.457. The Balaban J connectivity index is 4.34. The van der Waals surface area contributed by atoms with Crippen LogP contribution in [0.2, 0.25) is 0 Å². The number of allylic oxidation sites excluding steroid dienone is 3. The molecule has 1 N–H and O–H groups in total. The standard InChI is InChI=1S/C15H24ClN/c1-5-7-9-13(3)14(12-17-4)10-11-15(16)8-6-2/h5-6,10-11,14-15,17H,1-3,7-9,12H2,4H3/b11-10+. The van der Waals surface area contributed by atoms with E-state index in [2.05, 4.69) is 31.1 Å². The first-order valence-electron chi connectivity index (χ1n) is 6.02. The van der Waals surface area contributed by atoms with Crippen molar-refractivity contribution in [3.05, 3.63) is 49.6 Å². The van der Waals surface area contributed by atoms with Crippen LogP contribution in [0.4, 0.5) is 0 Å². The number of hydrogen-bond donors (Lipinski definition) is 1. The van der Waals surface area contributed by atoms with Gasteiger partial charge >= 0.3 is 0 Å². The van der Waals surface area contributed by atoms with Gasteiger partial charge in [0.1, 0.15) is 0 Å². The van der Waals surface area contributed by atoms with Gasteiger partial charge in [-0.25, -0.2) is 0 Å². The molecule has 2 heteroatoms. The van der Waals surface area contributed by atoms with Crippen LogP contribution >= 0.6 is 11.6 Å². The van der Waals surface area contributed by atoms with Crippen LogP contribution in [-0.2, 0) is 0 Å². The second kappa shape index (κ2) is 10.4. The second-order valence-electron chi connectivity index (χ2n) is 4.08. The molecule has 96 valence electrons. The lowest BCUT2D eigenvalue weighted by atomic mass is 9.95. The highest BCUT2D eigenvalue weighted by Gasteiger charge is 2.08. The molecule has 0 bridgehead atoms. The molecule has 0 spiro atoms. The molecule has 0 radical (unpaired) electrons. The average molecular weight is 254 g/mol. The van der Waals surface area contributed by atoms with Gasteiger partial charge in [0.2, 0.25) is 0 Å². The van der Waals surface area contributed by atoms with Crippen molar-refractivity contribution in [3.8, 4) is 0 Å². The van der Waals surface area contributed by atoms with E-state index in [1.807, 2.05) is 25.3 Å². The maximum Gasteiger partial charge on any atom is 0.0550 e. The van der Waals surface area contributed by atoms with Crippen LogP contribution in [0.5, 0.6) is 0 Å². The summed E-state index contributed by atoms with van der Waals surface area (Å²) < 4.78 is 0. The Kier molecular flexibility index (Phi) is 9.89. The molecule has 2 unspecified atom stereocenters. The van der Waals surface area contributed by atoms with Crippen molar-refractivity contribution >= 4 is 11.6 Å². The molecule has 0 rings (SSSR count). The molecular weight excluding hydrogens is 230 g/mol. The molecule has 0 amide bonds. The minimum absolute atomic E-state index is 0.0269. The number of hydrogen-bond acceptors (Lipinski definition) is 1. The Morgan fingerprint density at radius 3 is 2.53 bits per heavy atom. The molecule has 17 heavy (non-hydrogen) atoms. The molecular formula is C15H24ClN. The molecule has 0 aromatic heterocycles. The van der Waals surface area contributed by atoms with E-state index in [4.69, 9.17) is 11.6 Å². The Labute approximate surface area is 111 Å². The summed E-state index contributed by atoms with van der Waals surface area (Å²) in [4.78, 5) is 0. The second-order valence-corrected chi connectivity index (χ2v) is 4.64. The first-order chi connectivity index (χ1) is 8.15. The van der Waals surface area contributed by atoms with Crippen LogP contribution in [0.1, 0.15) is 19.3 Å². The summed E-state index contributed by atoms with van der Waals surface area (Å²) in [6.45, 7) is 12.4. The van der Waals surface area contributed by atoms with Crippen molar-refractivity contribution in [2.45, 2.75) is 24.6 Å². The predicted octanol–water partition coefficient (Wildman–Crippen LogP) is 4.08. The van der Waals surface area contributed by atoms with Crippen molar-refractivity contribution < 1.29 is 0 Å². The van der Waals surface area contributed by atoms with Crippen molar-refractivity contribution in [3.63, 3.8) is 0 Å². The minimum Gasteiger partial charge on any atom is -0.319 e. The van der Waals surface area contributed by atoms with E-state index in [0.29, 0.717) is 5.92 Å². The van der Waals surface area contributed by atoms with Crippen LogP contribution in [0.15, 0.2) is 49.6 Å². The molecule has 0 fully saturated rings. The lowest BCUT2D eigenvalue weighted by Crippen LogP contribution is -2.19. The van der Waals surface area contributed by atoms with Gasteiger partial charge in [0.25, 0.3) is 0 Å². The third-order valence-corrected chi connectivity index (χ3v) is 2.89. The minimum atomic E-state index is 0.0269. The molecule has 1 nitrogen and oxygen atoms in total. The normalized spacial score (nSPS) is 14.5. The highest BCUT2D eigenvalue weighted by molar-refractivity contribution is 6.21. The zero-order chi connectivity index (χ0) is 13.1. The van der Waals surface area contributed by atoms with Gasteiger partial charge in [-0.05, 0) is 26.3 Å². The molecule has 2 atom stereocenters. The fourth-order valence-electron chi connectivity index (χ4n) is 1.53. The van der Waals surface area contributed by atoms with E-state index < -0.39 is 0 Å². The van der Waals surface area contributed by atoms with Gasteiger partial charge in [0.05, 0.1) is 5.38 Å². The van der Waals surface area contributed by atoms with Crippen LogP contribution in [0.25, 0.3) is 0 Å². The lowest BCUT2D eigenvalue weighted by Gasteiger charge is -2.15. The largest absolute Gasteiger partial charge is 0.319 e. The summed E-state index contributed by atoms with van der Waals surface area (Å²) in [6.07, 6.45) is 10.7. The molecule has 0 aromatic carbocycles. The van der Waals surface area contributed by atoms with E-state index in [9.17, 15) is 0 Å². The first kappa shape index (κ1) is 16.2. The van der Waals surface area contributed by atoms with Crippen LogP contribution in [-0.4, -0.2) is 19.0 Å². The Morgan fingerprint density at radius 2 is 2.00 bits per heavy atom. The lowest BCUT2D eigenvalue weighted by molar-refractivity contribution is 0.647. The third kappa shape index (κ3) is 8.00. The van der Waals surface area contributed by atoms with Gasteiger partial charge in [0, 0.05) is 12.5 Å². The SMILES string of the molecule is C=CCCC(=C)C(/C=C/C(Cl)CC=C)CNC. The summed E-state index contributed by atoms with van der Waals surface area (Å²) in [6, 6.07) is 0. The average Bonchev–Trinajstić information content (AvgIpc) is 2.31. The van der Waals surface area contributed by atoms with E-state index in [1.165, 1.54) is 5.57 Å². The van der Waals surface area contributed by atoms with E-state index in [-0.39, 0.29) is 5.38 Å². The molecule has 0 aromatic rings. The Hall–Kier alpha value is -0.790. The first-order valence-corrected chi connectivity index (χ1v) is 6.45. The molecule has 0 aliphatic rings. The number of rotatable bonds is 10. The van der Waals surface area contributed by atoms with E-state index >= 15 is 0 Å². The zero-order valence-corrected chi connectivity index (χ0v) is 11.5. The van der Waals surface area contributed by atoms with Gasteiger partial charge in [0.15, 0.2) is 0 Å². The Morgan fingerprint density at radius 1 is 1.29 bits per heavy atom. The summed E-state index contributed by atoms with van der Waals surface area (Å²) in [5.41, 5.74) is 1.22. The van der Waals surface area contributed by atoms with Gasteiger partial charge in [-0.15, -0.1) is 24.8 Å². The highest BCUT2D eigenvalue weighted by atomic mass is 35.5. The fourth-order valence-corrected chi connectivity index (χ4v) is 1.74. The highest BCUT2D eigenvalue weighted by Crippen LogP contribution is 2.17. The van der Waals surface area contributed by atoms with Crippen molar-refractivity contribution in [1.82, 2.24) is 5.32 Å². The fraction of sp³-hybridized carbons (Fsp3) is 0.467. The Bertz CT molecular complexity index is 268. The molecule has 0 aliphatic carbocycles. The summed E-state index contributed by atoms with van der Waals surface area (Å²) >= 11 is 6.11. The summed E-state index contributed by atoms with van der Waals surface area (Å²) in [7, 11) is 1.95. The molecule has 0 heterocycles. The smallest absolute Gasteiger partial charge is 0.0550 e. The number of alkyl halides is 1. The summed E-state index contributed by atoms with van der Waals surface area (Å²) in [5, 5.41) is 3.21. The molecule has 0 saturated carbocycles. The van der Waals surface area contributed by atoms with Gasteiger partial charge < -0.3 is 5.32 Å². The number of nitrogens with one attached hydrogen (secondary N) is 1. The third-order valence-electron chi connectivity index (χ3n) is 2.56. The maximum atomic E-state index is 6.11. The number of halogens is 1.